The minimum atomic E-state index is -0.648. The molecule has 2 rings (SSSR count). The number of hydrogen-bond donors (Lipinski definition) is 0. The van der Waals surface area contributed by atoms with Gasteiger partial charge in [-0.2, -0.15) is 0 Å². The Kier molecular flexibility index (Phi) is 7.19. The number of methoxy groups -OCH3 is 2. The summed E-state index contributed by atoms with van der Waals surface area (Å²) in [6.45, 7) is 1.30. The van der Waals surface area contributed by atoms with Crippen molar-refractivity contribution >= 4 is 17.6 Å². The Balaban J connectivity index is 2.42. The molecule has 0 spiro atoms. The molecule has 1 aromatic carbocycles. The second kappa shape index (κ2) is 9.59. The number of ether oxygens (including phenoxy) is 3. The second-order valence-electron chi connectivity index (χ2n) is 5.97. The molecule has 0 saturated heterocycles. The van der Waals surface area contributed by atoms with Gasteiger partial charge in [0.1, 0.15) is 18.1 Å². The SMILES string of the molecule is COC(=O)C1=C(C(=O)OC)N(c2cccc(OCCN(C)C)c2)C=CC=C1. The normalized spacial score (nSPS) is 13.6. The molecule has 0 radical (unpaired) electrons. The van der Waals surface area contributed by atoms with Gasteiger partial charge in [0.15, 0.2) is 0 Å². The molecule has 0 amide bonds. The predicted molar refractivity (Wildman–Crippen MR) is 102 cm³/mol. The molecular formula is C20H24N2O5. The third-order valence-electron chi connectivity index (χ3n) is 3.79. The van der Waals surface area contributed by atoms with E-state index in [-0.39, 0.29) is 11.3 Å². The van der Waals surface area contributed by atoms with Crippen molar-refractivity contribution in [3.05, 3.63) is 60.0 Å². The molecule has 0 fully saturated rings. The van der Waals surface area contributed by atoms with E-state index in [4.69, 9.17) is 14.2 Å². The van der Waals surface area contributed by atoms with Gasteiger partial charge in [-0.15, -0.1) is 0 Å². The van der Waals surface area contributed by atoms with Crippen LogP contribution in [0.3, 0.4) is 0 Å². The van der Waals surface area contributed by atoms with E-state index in [1.807, 2.05) is 37.2 Å². The van der Waals surface area contributed by atoms with Gasteiger partial charge in [0, 0.05) is 24.5 Å². The van der Waals surface area contributed by atoms with Crippen molar-refractivity contribution in [3.63, 3.8) is 0 Å². The fourth-order valence-electron chi connectivity index (χ4n) is 2.43. The lowest BCUT2D eigenvalue weighted by Gasteiger charge is -2.23. The lowest BCUT2D eigenvalue weighted by molar-refractivity contribution is -0.139. The maximum Gasteiger partial charge on any atom is 0.355 e. The molecule has 0 aliphatic carbocycles. The largest absolute Gasteiger partial charge is 0.492 e. The van der Waals surface area contributed by atoms with Gasteiger partial charge < -0.3 is 24.0 Å². The maximum absolute atomic E-state index is 12.4. The van der Waals surface area contributed by atoms with Gasteiger partial charge in [0.05, 0.1) is 19.8 Å². The Hall–Kier alpha value is -3.06. The molecule has 0 saturated carbocycles. The van der Waals surface area contributed by atoms with Crippen LogP contribution in [0.25, 0.3) is 0 Å². The molecule has 0 atom stereocenters. The number of rotatable bonds is 7. The lowest BCUT2D eigenvalue weighted by atomic mass is 10.1. The summed E-state index contributed by atoms with van der Waals surface area (Å²) in [5, 5.41) is 0. The summed E-state index contributed by atoms with van der Waals surface area (Å²) >= 11 is 0. The van der Waals surface area contributed by atoms with Gasteiger partial charge in [-0.25, -0.2) is 9.59 Å². The molecule has 27 heavy (non-hydrogen) atoms. The van der Waals surface area contributed by atoms with Crippen molar-refractivity contribution in [2.75, 3.05) is 46.4 Å². The summed E-state index contributed by atoms with van der Waals surface area (Å²) in [7, 11) is 6.47. The number of nitrogens with zero attached hydrogens (tertiary/aromatic N) is 2. The number of likely N-dealkylation sites (N-methyl/N-ethyl adjacent to an activating group) is 1. The zero-order chi connectivity index (χ0) is 19.8. The molecule has 0 bridgehead atoms. The number of esters is 2. The maximum atomic E-state index is 12.4. The van der Waals surface area contributed by atoms with Crippen LogP contribution in [0.4, 0.5) is 5.69 Å². The number of anilines is 1. The molecule has 7 heteroatoms. The van der Waals surface area contributed by atoms with Gasteiger partial charge in [0.2, 0.25) is 0 Å². The quantitative estimate of drug-likeness (QED) is 0.679. The summed E-state index contributed by atoms with van der Waals surface area (Å²) in [6, 6.07) is 7.26. The molecule has 1 aliphatic rings. The van der Waals surface area contributed by atoms with Gasteiger partial charge >= 0.3 is 11.9 Å². The fraction of sp³-hybridized carbons (Fsp3) is 0.300. The number of carbonyl (C=O) groups excluding carboxylic acids is 2. The van der Waals surface area contributed by atoms with Crippen LogP contribution in [0, 0.1) is 0 Å². The highest BCUT2D eigenvalue weighted by molar-refractivity contribution is 6.05. The fourth-order valence-corrected chi connectivity index (χ4v) is 2.43. The topological polar surface area (TPSA) is 68.3 Å². The first-order valence-electron chi connectivity index (χ1n) is 8.40. The standard InChI is InChI=1S/C20H24N2O5/c1-21(2)12-13-27-16-9-7-8-15(14-16)22-11-6-5-10-17(19(23)25-3)18(22)20(24)26-4/h5-11,14H,12-13H2,1-4H3. The Morgan fingerprint density at radius 2 is 1.81 bits per heavy atom. The summed E-state index contributed by atoms with van der Waals surface area (Å²) < 4.78 is 15.5. The van der Waals surface area contributed by atoms with E-state index in [0.717, 1.165) is 6.54 Å². The van der Waals surface area contributed by atoms with Gasteiger partial charge in [-0.3, -0.25) is 0 Å². The van der Waals surface area contributed by atoms with Gasteiger partial charge in [-0.1, -0.05) is 12.1 Å². The smallest absolute Gasteiger partial charge is 0.355 e. The minimum Gasteiger partial charge on any atom is -0.492 e. The molecule has 1 aliphatic heterocycles. The molecule has 7 nitrogen and oxygen atoms in total. The van der Waals surface area contributed by atoms with Crippen LogP contribution in [-0.4, -0.2) is 58.3 Å². The van der Waals surface area contributed by atoms with E-state index in [9.17, 15) is 9.59 Å². The predicted octanol–water partition coefficient (Wildman–Crippen LogP) is 2.12. The summed E-state index contributed by atoms with van der Waals surface area (Å²) in [6.07, 6.45) is 6.58. The highest BCUT2D eigenvalue weighted by Crippen LogP contribution is 2.28. The Labute approximate surface area is 159 Å². The Morgan fingerprint density at radius 1 is 1.07 bits per heavy atom. The van der Waals surface area contributed by atoms with Gasteiger partial charge in [-0.05, 0) is 38.4 Å². The van der Waals surface area contributed by atoms with Crippen LogP contribution in [0.2, 0.25) is 0 Å². The first-order valence-corrected chi connectivity index (χ1v) is 8.40. The average molecular weight is 372 g/mol. The number of carbonyl (C=O) groups is 2. The van der Waals surface area contributed by atoms with Crippen LogP contribution < -0.4 is 9.64 Å². The van der Waals surface area contributed by atoms with Crippen LogP contribution in [0.15, 0.2) is 60.0 Å². The minimum absolute atomic E-state index is 0.0693. The first kappa shape index (κ1) is 20.3. The highest BCUT2D eigenvalue weighted by Gasteiger charge is 2.27. The van der Waals surface area contributed by atoms with E-state index >= 15 is 0 Å². The molecular weight excluding hydrogens is 348 g/mol. The van der Waals surface area contributed by atoms with Crippen LogP contribution in [-0.2, 0) is 19.1 Å². The zero-order valence-corrected chi connectivity index (χ0v) is 16.0. The van der Waals surface area contributed by atoms with E-state index in [0.29, 0.717) is 18.0 Å². The molecule has 0 aromatic heterocycles. The lowest BCUT2D eigenvalue weighted by Crippen LogP contribution is -2.27. The number of benzene rings is 1. The van der Waals surface area contributed by atoms with Crippen LogP contribution in [0.5, 0.6) is 5.75 Å². The molecule has 0 unspecified atom stereocenters. The summed E-state index contributed by atoms with van der Waals surface area (Å²) in [5.41, 5.74) is 0.826. The van der Waals surface area contributed by atoms with Gasteiger partial charge in [0.25, 0.3) is 0 Å². The molecule has 0 N–H and O–H groups in total. The first-order chi connectivity index (χ1) is 13.0. The Bertz CT molecular complexity index is 780. The Morgan fingerprint density at radius 3 is 2.48 bits per heavy atom. The van der Waals surface area contributed by atoms with Crippen molar-refractivity contribution < 1.29 is 23.8 Å². The van der Waals surface area contributed by atoms with Crippen LogP contribution in [0.1, 0.15) is 0 Å². The average Bonchev–Trinajstić information content (AvgIpc) is 2.89. The number of hydrogen-bond acceptors (Lipinski definition) is 7. The number of allylic oxidation sites excluding steroid dienone is 2. The van der Waals surface area contributed by atoms with Crippen LogP contribution >= 0.6 is 0 Å². The zero-order valence-electron chi connectivity index (χ0n) is 16.0. The van der Waals surface area contributed by atoms with E-state index in [1.54, 1.807) is 29.3 Å². The molecule has 1 aromatic rings. The van der Waals surface area contributed by atoms with E-state index in [1.165, 1.54) is 20.3 Å². The van der Waals surface area contributed by atoms with Crippen molar-refractivity contribution in [3.8, 4) is 5.75 Å². The third-order valence-corrected chi connectivity index (χ3v) is 3.79. The summed E-state index contributed by atoms with van der Waals surface area (Å²) in [4.78, 5) is 28.2. The van der Waals surface area contributed by atoms with Crippen molar-refractivity contribution in [1.29, 1.82) is 0 Å². The monoisotopic (exact) mass is 372 g/mol. The van der Waals surface area contributed by atoms with Crippen molar-refractivity contribution in [2.45, 2.75) is 0 Å². The molecule has 1 heterocycles. The van der Waals surface area contributed by atoms with E-state index < -0.39 is 11.9 Å². The van der Waals surface area contributed by atoms with Crippen molar-refractivity contribution in [1.82, 2.24) is 4.90 Å². The summed E-state index contributed by atoms with van der Waals surface area (Å²) in [5.74, 6) is -0.618. The second-order valence-corrected chi connectivity index (χ2v) is 5.97. The highest BCUT2D eigenvalue weighted by atomic mass is 16.5. The third kappa shape index (κ3) is 5.21. The van der Waals surface area contributed by atoms with E-state index in [2.05, 4.69) is 0 Å². The van der Waals surface area contributed by atoms with Crippen molar-refractivity contribution in [2.24, 2.45) is 0 Å². The molecule has 144 valence electrons.